The highest BCUT2D eigenvalue weighted by Crippen LogP contribution is 2.20. The second-order valence-corrected chi connectivity index (χ2v) is 8.97. The van der Waals surface area contributed by atoms with Crippen LogP contribution >= 0.6 is 0 Å². The second-order valence-electron chi connectivity index (χ2n) is 8.97. The Labute approximate surface area is 237 Å². The number of ether oxygens (including phenoxy) is 2. The molecule has 0 bridgehead atoms. The number of carbonyl (C=O) groups is 2. The molecule has 0 fully saturated rings. The van der Waals surface area contributed by atoms with Crippen molar-refractivity contribution in [3.05, 3.63) is 144 Å². The van der Waals surface area contributed by atoms with E-state index in [-0.39, 0.29) is 17.9 Å². The Kier molecular flexibility index (Phi) is 8.88. The van der Waals surface area contributed by atoms with Crippen molar-refractivity contribution in [3.63, 3.8) is 0 Å². The quantitative estimate of drug-likeness (QED) is 0.234. The van der Waals surface area contributed by atoms with Gasteiger partial charge in [0.05, 0.1) is 11.9 Å². The molecule has 0 radical (unpaired) electrons. The van der Waals surface area contributed by atoms with E-state index < -0.39 is 11.8 Å². The van der Waals surface area contributed by atoms with Gasteiger partial charge in [-0.05, 0) is 47.0 Å². The van der Waals surface area contributed by atoms with Crippen LogP contribution in [0, 0.1) is 0 Å². The molecule has 3 aromatic heterocycles. The Morgan fingerprint density at radius 2 is 1.20 bits per heavy atom. The molecule has 9 heteroatoms. The molecule has 0 spiro atoms. The number of carbonyl (C=O) groups excluding carboxylic acids is 2. The predicted octanol–water partition coefficient (Wildman–Crippen LogP) is 5.21. The third-order valence-electron chi connectivity index (χ3n) is 5.95. The highest BCUT2D eigenvalue weighted by molar-refractivity contribution is 6.04. The van der Waals surface area contributed by atoms with Crippen molar-refractivity contribution >= 4 is 17.5 Å². The van der Waals surface area contributed by atoms with Gasteiger partial charge in [-0.3, -0.25) is 14.6 Å². The molecule has 2 amide bonds. The third kappa shape index (κ3) is 7.51. The van der Waals surface area contributed by atoms with Gasteiger partial charge in [0.2, 0.25) is 0 Å². The van der Waals surface area contributed by atoms with Crippen molar-refractivity contribution in [2.45, 2.75) is 19.8 Å². The number of rotatable bonds is 11. The van der Waals surface area contributed by atoms with Gasteiger partial charge in [-0.15, -0.1) is 0 Å². The van der Waals surface area contributed by atoms with Crippen molar-refractivity contribution in [2.75, 3.05) is 5.32 Å². The zero-order valence-electron chi connectivity index (χ0n) is 22.1. The Hall–Kier alpha value is -5.57. The maximum atomic E-state index is 13.0. The molecule has 0 saturated heterocycles. The van der Waals surface area contributed by atoms with E-state index in [4.69, 9.17) is 9.47 Å². The van der Waals surface area contributed by atoms with E-state index >= 15 is 0 Å². The van der Waals surface area contributed by atoms with Gasteiger partial charge in [0.15, 0.2) is 22.9 Å². The Bertz CT molecular complexity index is 1610. The maximum Gasteiger partial charge on any atom is 0.278 e. The molecule has 5 aromatic rings. The predicted molar refractivity (Wildman–Crippen MR) is 153 cm³/mol. The maximum absolute atomic E-state index is 13.0. The molecular formula is C32H27N5O4. The number of pyridine rings is 3. The number of amides is 2. The first-order valence-electron chi connectivity index (χ1n) is 12.9. The molecule has 0 unspecified atom stereocenters. The first kappa shape index (κ1) is 27.0. The first-order chi connectivity index (χ1) is 20.2. The van der Waals surface area contributed by atoms with Crippen LogP contribution in [0.25, 0.3) is 0 Å². The van der Waals surface area contributed by atoms with Crippen LogP contribution in [0.1, 0.15) is 37.7 Å². The molecule has 204 valence electrons. The molecule has 41 heavy (non-hydrogen) atoms. The number of hydrogen-bond donors (Lipinski definition) is 2. The summed E-state index contributed by atoms with van der Waals surface area (Å²) in [6.45, 7) is 0.784. The smallest absolute Gasteiger partial charge is 0.278 e. The van der Waals surface area contributed by atoms with Crippen molar-refractivity contribution in [1.29, 1.82) is 0 Å². The lowest BCUT2D eigenvalue weighted by atomic mass is 10.2. The summed E-state index contributed by atoms with van der Waals surface area (Å²) in [7, 11) is 0. The average molecular weight is 546 g/mol. The number of benzene rings is 2. The number of aromatic nitrogens is 3. The normalized spacial score (nSPS) is 10.4. The lowest BCUT2D eigenvalue weighted by Crippen LogP contribution is -2.24. The Morgan fingerprint density at radius 3 is 1.78 bits per heavy atom. The van der Waals surface area contributed by atoms with Gasteiger partial charge in [0.1, 0.15) is 13.2 Å². The zero-order chi connectivity index (χ0) is 28.3. The SMILES string of the molecule is O=C(NCc1cncc(NC(=O)c2ncccc2OCc2ccccc2)c1)c1ncccc1OCc1ccccc1. The van der Waals surface area contributed by atoms with Crippen molar-refractivity contribution in [3.8, 4) is 11.5 Å². The van der Waals surface area contributed by atoms with E-state index in [0.29, 0.717) is 36.0 Å². The Balaban J connectivity index is 1.19. The van der Waals surface area contributed by atoms with Crippen LogP contribution in [0.4, 0.5) is 5.69 Å². The van der Waals surface area contributed by atoms with Gasteiger partial charge < -0.3 is 20.1 Å². The van der Waals surface area contributed by atoms with E-state index in [2.05, 4.69) is 25.6 Å². The fourth-order valence-electron chi connectivity index (χ4n) is 3.93. The molecule has 0 aliphatic rings. The number of anilines is 1. The van der Waals surface area contributed by atoms with E-state index in [9.17, 15) is 9.59 Å². The lowest BCUT2D eigenvalue weighted by Gasteiger charge is -2.12. The van der Waals surface area contributed by atoms with Gasteiger partial charge in [0.25, 0.3) is 11.8 Å². The van der Waals surface area contributed by atoms with Crippen molar-refractivity contribution < 1.29 is 19.1 Å². The topological polar surface area (TPSA) is 115 Å². The fourth-order valence-corrected chi connectivity index (χ4v) is 3.93. The highest BCUT2D eigenvalue weighted by Gasteiger charge is 2.16. The lowest BCUT2D eigenvalue weighted by molar-refractivity contribution is 0.0939. The average Bonchev–Trinajstić information content (AvgIpc) is 3.03. The van der Waals surface area contributed by atoms with E-state index in [0.717, 1.165) is 11.1 Å². The molecule has 2 aromatic carbocycles. The number of nitrogens with one attached hydrogen (secondary N) is 2. The van der Waals surface area contributed by atoms with Gasteiger partial charge in [0, 0.05) is 25.1 Å². The third-order valence-corrected chi connectivity index (χ3v) is 5.95. The van der Waals surface area contributed by atoms with Crippen LogP contribution in [0.2, 0.25) is 0 Å². The molecule has 5 rings (SSSR count). The first-order valence-corrected chi connectivity index (χ1v) is 12.9. The van der Waals surface area contributed by atoms with Crippen molar-refractivity contribution in [2.24, 2.45) is 0 Å². The van der Waals surface area contributed by atoms with Gasteiger partial charge in [-0.25, -0.2) is 9.97 Å². The minimum absolute atomic E-state index is 0.153. The molecule has 3 heterocycles. The minimum atomic E-state index is -0.440. The molecule has 0 saturated carbocycles. The Morgan fingerprint density at radius 1 is 0.634 bits per heavy atom. The molecule has 0 aliphatic carbocycles. The minimum Gasteiger partial charge on any atom is -0.486 e. The largest absolute Gasteiger partial charge is 0.486 e. The highest BCUT2D eigenvalue weighted by atomic mass is 16.5. The second kappa shape index (κ2) is 13.5. The van der Waals surface area contributed by atoms with Crippen LogP contribution in [0.15, 0.2) is 116 Å². The fraction of sp³-hybridized carbons (Fsp3) is 0.0938. The monoisotopic (exact) mass is 545 g/mol. The summed E-state index contributed by atoms with van der Waals surface area (Å²) < 4.78 is 11.7. The van der Waals surface area contributed by atoms with Crippen LogP contribution < -0.4 is 20.1 Å². The molecule has 9 nitrogen and oxygen atoms in total. The number of nitrogens with zero attached hydrogens (tertiary/aromatic N) is 3. The summed E-state index contributed by atoms with van der Waals surface area (Å²) in [5, 5.41) is 5.65. The summed E-state index contributed by atoms with van der Waals surface area (Å²) in [6.07, 6.45) is 6.20. The van der Waals surface area contributed by atoms with Crippen LogP contribution in [0.3, 0.4) is 0 Å². The van der Waals surface area contributed by atoms with Crippen LogP contribution in [-0.4, -0.2) is 26.8 Å². The zero-order valence-corrected chi connectivity index (χ0v) is 22.1. The molecule has 0 atom stereocenters. The summed E-state index contributed by atoms with van der Waals surface area (Å²) in [5.74, 6) is -0.0818. The molecule has 2 N–H and O–H groups in total. The molecular weight excluding hydrogens is 518 g/mol. The van der Waals surface area contributed by atoms with Gasteiger partial charge >= 0.3 is 0 Å². The van der Waals surface area contributed by atoms with Crippen LogP contribution in [0.5, 0.6) is 11.5 Å². The van der Waals surface area contributed by atoms with E-state index in [1.807, 2.05) is 60.7 Å². The number of hydrogen-bond acceptors (Lipinski definition) is 7. The van der Waals surface area contributed by atoms with E-state index in [1.165, 1.54) is 18.6 Å². The van der Waals surface area contributed by atoms with Gasteiger partial charge in [-0.2, -0.15) is 0 Å². The van der Waals surface area contributed by atoms with Crippen LogP contribution in [-0.2, 0) is 19.8 Å². The summed E-state index contributed by atoms with van der Waals surface area (Å²) >= 11 is 0. The van der Waals surface area contributed by atoms with E-state index in [1.54, 1.807) is 36.5 Å². The van der Waals surface area contributed by atoms with Gasteiger partial charge in [-0.1, -0.05) is 60.7 Å². The molecule has 0 aliphatic heterocycles. The summed E-state index contributed by atoms with van der Waals surface area (Å²) in [4.78, 5) is 38.6. The summed E-state index contributed by atoms with van der Waals surface area (Å²) in [5.41, 5.74) is 3.42. The standard InChI is InChI=1S/C32H27N5O4/c38-31(29-27(13-7-15-34-29)40-21-23-9-3-1-4-10-23)36-19-25-17-26(20-33-18-25)37-32(39)30-28(14-8-16-35-30)41-22-24-11-5-2-6-12-24/h1-18,20H,19,21-22H2,(H,36,38)(H,37,39). The summed E-state index contributed by atoms with van der Waals surface area (Å²) in [6, 6.07) is 27.9. The van der Waals surface area contributed by atoms with Crippen molar-refractivity contribution in [1.82, 2.24) is 20.3 Å².